The molecule has 0 bridgehead atoms. The average Bonchev–Trinajstić information content (AvgIpc) is 2.96. The van der Waals surface area contributed by atoms with Crippen molar-refractivity contribution in [3.8, 4) is 0 Å². The van der Waals surface area contributed by atoms with Crippen LogP contribution in [0.5, 0.6) is 0 Å². The standard InChI is InChI=1S/C14H18N2O/c1-2-6-14-11(4-1)8-13(17-14)10-15-9-12-5-3-7-16-12/h1-2,4,6,8,12,15-16H,3,5,7,9-10H2/t12-/m0/s1. The number of para-hydroxylation sites is 1. The van der Waals surface area contributed by atoms with Crippen molar-refractivity contribution < 1.29 is 4.42 Å². The van der Waals surface area contributed by atoms with Crippen molar-refractivity contribution >= 4 is 11.0 Å². The summed E-state index contributed by atoms with van der Waals surface area (Å²) in [6, 6.07) is 10.9. The Balaban J connectivity index is 1.57. The second-order valence-corrected chi connectivity index (χ2v) is 4.67. The zero-order chi connectivity index (χ0) is 11.5. The van der Waals surface area contributed by atoms with Gasteiger partial charge in [0.1, 0.15) is 11.3 Å². The van der Waals surface area contributed by atoms with Crippen LogP contribution in [0.15, 0.2) is 34.7 Å². The van der Waals surface area contributed by atoms with E-state index in [9.17, 15) is 0 Å². The predicted molar refractivity (Wildman–Crippen MR) is 68.9 cm³/mol. The molecule has 2 aromatic rings. The van der Waals surface area contributed by atoms with Gasteiger partial charge in [-0.2, -0.15) is 0 Å². The van der Waals surface area contributed by atoms with Crippen molar-refractivity contribution in [1.29, 1.82) is 0 Å². The highest BCUT2D eigenvalue weighted by Gasteiger charge is 2.13. The minimum atomic E-state index is 0.638. The lowest BCUT2D eigenvalue weighted by Crippen LogP contribution is -2.33. The van der Waals surface area contributed by atoms with Crippen LogP contribution < -0.4 is 10.6 Å². The van der Waals surface area contributed by atoms with E-state index in [0.717, 1.165) is 31.0 Å². The molecule has 1 aromatic heterocycles. The first-order chi connectivity index (χ1) is 8.42. The van der Waals surface area contributed by atoms with E-state index in [4.69, 9.17) is 4.42 Å². The van der Waals surface area contributed by atoms with Gasteiger partial charge in [0, 0.05) is 18.0 Å². The molecule has 0 aliphatic carbocycles. The van der Waals surface area contributed by atoms with Gasteiger partial charge in [0.2, 0.25) is 0 Å². The second-order valence-electron chi connectivity index (χ2n) is 4.67. The summed E-state index contributed by atoms with van der Waals surface area (Å²) in [4.78, 5) is 0. The number of benzene rings is 1. The Kier molecular flexibility index (Phi) is 3.12. The van der Waals surface area contributed by atoms with Crippen molar-refractivity contribution in [2.75, 3.05) is 13.1 Å². The number of rotatable bonds is 4. The minimum absolute atomic E-state index is 0.638. The zero-order valence-corrected chi connectivity index (χ0v) is 9.91. The van der Waals surface area contributed by atoms with Crippen LogP contribution in [-0.2, 0) is 6.54 Å². The molecule has 3 nitrogen and oxygen atoms in total. The number of hydrogen-bond acceptors (Lipinski definition) is 3. The number of furan rings is 1. The number of hydrogen-bond donors (Lipinski definition) is 2. The Morgan fingerprint density at radius 1 is 1.35 bits per heavy atom. The average molecular weight is 230 g/mol. The molecule has 3 rings (SSSR count). The molecular weight excluding hydrogens is 212 g/mol. The van der Waals surface area contributed by atoms with Crippen LogP contribution in [0, 0.1) is 0 Å². The van der Waals surface area contributed by atoms with Crippen LogP contribution in [0.3, 0.4) is 0 Å². The van der Waals surface area contributed by atoms with Crippen molar-refractivity contribution in [3.63, 3.8) is 0 Å². The van der Waals surface area contributed by atoms with Gasteiger partial charge in [-0.05, 0) is 31.5 Å². The molecule has 0 unspecified atom stereocenters. The molecular formula is C14H18N2O. The lowest BCUT2D eigenvalue weighted by molar-refractivity contribution is 0.482. The molecule has 3 heteroatoms. The van der Waals surface area contributed by atoms with Gasteiger partial charge in [-0.15, -0.1) is 0 Å². The molecule has 90 valence electrons. The van der Waals surface area contributed by atoms with Crippen molar-refractivity contribution in [2.45, 2.75) is 25.4 Å². The van der Waals surface area contributed by atoms with E-state index in [2.05, 4.69) is 22.8 Å². The maximum atomic E-state index is 5.75. The summed E-state index contributed by atoms with van der Waals surface area (Å²) in [5.41, 5.74) is 0.975. The third-order valence-electron chi connectivity index (χ3n) is 3.33. The molecule has 0 saturated carbocycles. The molecule has 1 aliphatic rings. The SMILES string of the molecule is c1ccc2oc(CNC[C@@H]3CCCN3)cc2c1. The van der Waals surface area contributed by atoms with Gasteiger partial charge in [0.25, 0.3) is 0 Å². The first-order valence-corrected chi connectivity index (χ1v) is 6.33. The summed E-state index contributed by atoms with van der Waals surface area (Å²) >= 11 is 0. The van der Waals surface area contributed by atoms with E-state index in [1.807, 2.05) is 18.2 Å². The summed E-state index contributed by atoms with van der Waals surface area (Å²) < 4.78 is 5.75. The molecule has 1 fully saturated rings. The van der Waals surface area contributed by atoms with Gasteiger partial charge >= 0.3 is 0 Å². The van der Waals surface area contributed by atoms with Gasteiger partial charge in [-0.25, -0.2) is 0 Å². The second kappa shape index (κ2) is 4.90. The van der Waals surface area contributed by atoms with Gasteiger partial charge in [-0.1, -0.05) is 18.2 Å². The van der Waals surface area contributed by atoms with E-state index in [0.29, 0.717) is 6.04 Å². The molecule has 2 N–H and O–H groups in total. The molecule has 2 heterocycles. The Bertz CT molecular complexity index is 453. The minimum Gasteiger partial charge on any atom is -0.460 e. The summed E-state index contributed by atoms with van der Waals surface area (Å²) in [7, 11) is 0. The first kappa shape index (κ1) is 10.8. The lowest BCUT2D eigenvalue weighted by Gasteiger charge is -2.09. The van der Waals surface area contributed by atoms with Crippen LogP contribution in [0.4, 0.5) is 0 Å². The van der Waals surface area contributed by atoms with Gasteiger partial charge in [-0.3, -0.25) is 0 Å². The molecule has 1 aromatic carbocycles. The predicted octanol–water partition coefficient (Wildman–Crippen LogP) is 2.27. The molecule has 1 atom stereocenters. The van der Waals surface area contributed by atoms with Crippen LogP contribution in [0.25, 0.3) is 11.0 Å². The van der Waals surface area contributed by atoms with Crippen LogP contribution >= 0.6 is 0 Å². The molecule has 0 spiro atoms. The van der Waals surface area contributed by atoms with Gasteiger partial charge in [0.05, 0.1) is 6.54 Å². The van der Waals surface area contributed by atoms with Crippen molar-refractivity contribution in [2.24, 2.45) is 0 Å². The van der Waals surface area contributed by atoms with E-state index in [-0.39, 0.29) is 0 Å². The van der Waals surface area contributed by atoms with E-state index in [1.54, 1.807) is 0 Å². The maximum Gasteiger partial charge on any atom is 0.134 e. The number of nitrogens with one attached hydrogen (secondary N) is 2. The quantitative estimate of drug-likeness (QED) is 0.846. The Morgan fingerprint density at radius 3 is 3.12 bits per heavy atom. The van der Waals surface area contributed by atoms with Crippen LogP contribution in [0.1, 0.15) is 18.6 Å². The monoisotopic (exact) mass is 230 g/mol. The highest BCUT2D eigenvalue weighted by molar-refractivity contribution is 5.77. The molecule has 17 heavy (non-hydrogen) atoms. The third kappa shape index (κ3) is 2.51. The van der Waals surface area contributed by atoms with E-state index < -0.39 is 0 Å². The largest absolute Gasteiger partial charge is 0.460 e. The molecule has 0 amide bonds. The first-order valence-electron chi connectivity index (χ1n) is 6.33. The fourth-order valence-electron chi connectivity index (χ4n) is 2.42. The van der Waals surface area contributed by atoms with Crippen molar-refractivity contribution in [3.05, 3.63) is 36.1 Å². The van der Waals surface area contributed by atoms with E-state index >= 15 is 0 Å². The maximum absolute atomic E-state index is 5.75. The van der Waals surface area contributed by atoms with Crippen molar-refractivity contribution in [1.82, 2.24) is 10.6 Å². The molecule has 1 saturated heterocycles. The summed E-state index contributed by atoms with van der Waals surface area (Å²) in [5.74, 6) is 1.02. The highest BCUT2D eigenvalue weighted by atomic mass is 16.3. The Labute approximate surface area is 101 Å². The third-order valence-corrected chi connectivity index (χ3v) is 3.33. The van der Waals surface area contributed by atoms with E-state index in [1.165, 1.54) is 18.2 Å². The van der Waals surface area contributed by atoms with Gasteiger partial charge in [0.15, 0.2) is 0 Å². The summed E-state index contributed by atoms with van der Waals surface area (Å²) in [5, 5.41) is 8.11. The lowest BCUT2D eigenvalue weighted by atomic mass is 10.2. The normalized spacial score (nSPS) is 20.1. The smallest absolute Gasteiger partial charge is 0.134 e. The van der Waals surface area contributed by atoms with Crippen LogP contribution in [-0.4, -0.2) is 19.1 Å². The Hall–Kier alpha value is -1.32. The molecule has 0 radical (unpaired) electrons. The topological polar surface area (TPSA) is 37.2 Å². The fourth-order valence-corrected chi connectivity index (χ4v) is 2.42. The highest BCUT2D eigenvalue weighted by Crippen LogP contribution is 2.18. The summed E-state index contributed by atoms with van der Waals surface area (Å²) in [6.45, 7) is 3.00. The zero-order valence-electron chi connectivity index (χ0n) is 9.91. The molecule has 1 aliphatic heterocycles. The Morgan fingerprint density at radius 2 is 2.29 bits per heavy atom. The van der Waals surface area contributed by atoms with Gasteiger partial charge < -0.3 is 15.1 Å². The summed E-state index contributed by atoms with van der Waals surface area (Å²) in [6.07, 6.45) is 2.59. The van der Waals surface area contributed by atoms with Crippen LogP contribution in [0.2, 0.25) is 0 Å². The fraction of sp³-hybridized carbons (Fsp3) is 0.429. The number of fused-ring (bicyclic) bond motifs is 1.